The molecule has 0 unspecified atom stereocenters. The number of carboxylic acids is 1. The van der Waals surface area contributed by atoms with E-state index in [0.29, 0.717) is 5.56 Å². The Morgan fingerprint density at radius 1 is 1.15 bits per heavy atom. The topological polar surface area (TPSA) is 92.8 Å². The number of aromatic carboxylic acids is 1. The van der Waals surface area contributed by atoms with Gasteiger partial charge in [0.1, 0.15) is 5.71 Å². The van der Waals surface area contributed by atoms with Crippen molar-refractivity contribution in [3.8, 4) is 0 Å². The minimum absolute atomic E-state index is 0.148. The van der Waals surface area contributed by atoms with Crippen LogP contribution in [0.25, 0.3) is 0 Å². The number of Topliss-reactive ketones (excluding diaryl/α,β-unsaturated/α-hetero) is 1. The summed E-state index contributed by atoms with van der Waals surface area (Å²) >= 11 is 1.49. The molecule has 2 aromatic rings. The molecule has 0 aliphatic heterocycles. The van der Waals surface area contributed by atoms with E-state index in [0.717, 1.165) is 4.88 Å². The van der Waals surface area contributed by atoms with Crippen LogP contribution in [0.4, 0.5) is 0 Å². The number of carbonyl (C=O) groups excluding carboxylic acids is 1. The highest BCUT2D eigenvalue weighted by molar-refractivity contribution is 7.10. The fourth-order valence-corrected chi connectivity index (χ4v) is 2.44. The highest BCUT2D eigenvalue weighted by Gasteiger charge is 2.15. The largest absolute Gasteiger partial charge is 0.478 e. The van der Waals surface area contributed by atoms with Gasteiger partial charge in [0.05, 0.1) is 5.56 Å². The molecule has 0 amide bonds. The number of thiophene rings is 1. The number of hydrazone groups is 1. The SMILES string of the molecule is N/N=C(/C(=O)Cc1cccs1)c1ccc(C(=O)O)cc1. The second-order valence-electron chi connectivity index (χ2n) is 4.04. The third kappa shape index (κ3) is 3.10. The van der Waals surface area contributed by atoms with Gasteiger partial charge in [0, 0.05) is 16.9 Å². The third-order valence-corrected chi connectivity index (χ3v) is 3.59. The Morgan fingerprint density at radius 2 is 1.80 bits per heavy atom. The quantitative estimate of drug-likeness (QED) is 0.499. The molecule has 0 aliphatic rings. The number of nitrogens with two attached hydrogens (primary N) is 1. The lowest BCUT2D eigenvalue weighted by Crippen LogP contribution is -2.19. The first-order chi connectivity index (χ1) is 9.61. The molecule has 0 aliphatic carbocycles. The van der Waals surface area contributed by atoms with Gasteiger partial charge < -0.3 is 10.9 Å². The lowest BCUT2D eigenvalue weighted by atomic mass is 10.0. The Hall–Kier alpha value is -2.47. The van der Waals surface area contributed by atoms with Gasteiger partial charge in [-0.1, -0.05) is 18.2 Å². The Kier molecular flexibility index (Phi) is 4.27. The fourth-order valence-electron chi connectivity index (χ4n) is 1.73. The van der Waals surface area contributed by atoms with Gasteiger partial charge in [-0.25, -0.2) is 4.79 Å². The van der Waals surface area contributed by atoms with Gasteiger partial charge in [-0.3, -0.25) is 4.79 Å². The minimum atomic E-state index is -1.02. The van der Waals surface area contributed by atoms with E-state index in [1.165, 1.54) is 35.6 Å². The molecule has 20 heavy (non-hydrogen) atoms. The number of nitrogens with zero attached hydrogens (tertiary/aromatic N) is 1. The van der Waals surface area contributed by atoms with Crippen molar-refractivity contribution in [2.24, 2.45) is 10.9 Å². The number of hydrogen-bond donors (Lipinski definition) is 2. The first-order valence-corrected chi connectivity index (χ1v) is 6.67. The number of carboxylic acid groups (broad SMARTS) is 1. The molecule has 1 aromatic carbocycles. The van der Waals surface area contributed by atoms with Gasteiger partial charge in [-0.05, 0) is 23.6 Å². The second kappa shape index (κ2) is 6.12. The molecule has 6 heteroatoms. The van der Waals surface area contributed by atoms with Crippen LogP contribution in [0.1, 0.15) is 20.8 Å². The van der Waals surface area contributed by atoms with Crippen LogP contribution in [0, 0.1) is 0 Å². The maximum absolute atomic E-state index is 12.1. The Balaban J connectivity index is 2.19. The zero-order valence-corrected chi connectivity index (χ0v) is 11.3. The normalized spacial score (nSPS) is 11.3. The molecule has 0 saturated heterocycles. The highest BCUT2D eigenvalue weighted by atomic mass is 32.1. The standard InChI is InChI=1S/C14H12N2O3S/c15-16-13(12(17)8-11-2-1-7-20-11)9-3-5-10(6-4-9)14(18)19/h1-7H,8,15H2,(H,18,19)/b16-13+. The minimum Gasteiger partial charge on any atom is -0.478 e. The zero-order valence-electron chi connectivity index (χ0n) is 10.4. The van der Waals surface area contributed by atoms with Gasteiger partial charge in [-0.15, -0.1) is 11.3 Å². The molecule has 1 aromatic heterocycles. The van der Waals surface area contributed by atoms with Gasteiger partial charge in [0.25, 0.3) is 0 Å². The van der Waals surface area contributed by atoms with Crippen LogP contribution in [0.2, 0.25) is 0 Å². The van der Waals surface area contributed by atoms with Crippen molar-refractivity contribution in [1.82, 2.24) is 0 Å². The van der Waals surface area contributed by atoms with E-state index in [9.17, 15) is 9.59 Å². The lowest BCUT2D eigenvalue weighted by molar-refractivity contribution is -0.112. The summed E-state index contributed by atoms with van der Waals surface area (Å²) in [5, 5.41) is 14.3. The van der Waals surface area contributed by atoms with Crippen molar-refractivity contribution in [1.29, 1.82) is 0 Å². The van der Waals surface area contributed by atoms with E-state index in [4.69, 9.17) is 10.9 Å². The van der Waals surface area contributed by atoms with Gasteiger partial charge in [-0.2, -0.15) is 5.10 Å². The second-order valence-corrected chi connectivity index (χ2v) is 5.07. The molecule has 1 heterocycles. The van der Waals surface area contributed by atoms with Crippen LogP contribution < -0.4 is 5.84 Å². The highest BCUT2D eigenvalue weighted by Crippen LogP contribution is 2.12. The molecule has 102 valence electrons. The number of rotatable bonds is 5. The first-order valence-electron chi connectivity index (χ1n) is 5.79. The monoisotopic (exact) mass is 288 g/mol. The summed E-state index contributed by atoms with van der Waals surface area (Å²) in [6, 6.07) is 9.63. The van der Waals surface area contributed by atoms with Crippen molar-refractivity contribution in [2.75, 3.05) is 0 Å². The maximum atomic E-state index is 12.1. The fraction of sp³-hybridized carbons (Fsp3) is 0.0714. The summed E-state index contributed by atoms with van der Waals surface area (Å²) in [6.45, 7) is 0. The molecule has 0 spiro atoms. The lowest BCUT2D eigenvalue weighted by Gasteiger charge is -2.04. The van der Waals surface area contributed by atoms with Crippen LogP contribution in [0.5, 0.6) is 0 Å². The van der Waals surface area contributed by atoms with Crippen LogP contribution >= 0.6 is 11.3 Å². The maximum Gasteiger partial charge on any atom is 0.335 e. The van der Waals surface area contributed by atoms with Gasteiger partial charge in [0.2, 0.25) is 0 Å². The number of carbonyl (C=O) groups is 2. The predicted octanol–water partition coefficient (Wildman–Crippen LogP) is 1.92. The van der Waals surface area contributed by atoms with E-state index in [1.54, 1.807) is 0 Å². The van der Waals surface area contributed by atoms with E-state index in [1.807, 2.05) is 17.5 Å². The Labute approximate surface area is 119 Å². The average molecular weight is 288 g/mol. The molecule has 0 radical (unpaired) electrons. The molecule has 2 rings (SSSR count). The molecular weight excluding hydrogens is 276 g/mol. The molecule has 0 fully saturated rings. The summed E-state index contributed by atoms with van der Waals surface area (Å²) < 4.78 is 0. The molecule has 0 atom stereocenters. The van der Waals surface area contributed by atoms with Crippen molar-refractivity contribution < 1.29 is 14.7 Å². The summed E-state index contributed by atoms with van der Waals surface area (Å²) in [7, 11) is 0. The Morgan fingerprint density at radius 3 is 2.30 bits per heavy atom. The third-order valence-electron chi connectivity index (χ3n) is 2.71. The molecule has 0 saturated carbocycles. The smallest absolute Gasteiger partial charge is 0.335 e. The van der Waals surface area contributed by atoms with Crippen LogP contribution in [-0.2, 0) is 11.2 Å². The first kappa shape index (κ1) is 14.0. The number of hydrogen-bond acceptors (Lipinski definition) is 5. The van der Waals surface area contributed by atoms with Crippen LogP contribution in [0.15, 0.2) is 46.9 Å². The molecule has 0 bridgehead atoms. The Bertz CT molecular complexity index is 646. The van der Waals surface area contributed by atoms with E-state index >= 15 is 0 Å². The van der Waals surface area contributed by atoms with Crippen LogP contribution in [-0.4, -0.2) is 22.6 Å². The van der Waals surface area contributed by atoms with E-state index in [-0.39, 0.29) is 23.5 Å². The van der Waals surface area contributed by atoms with Crippen molar-refractivity contribution in [3.05, 3.63) is 57.8 Å². The number of benzene rings is 1. The average Bonchev–Trinajstić information content (AvgIpc) is 2.93. The summed E-state index contributed by atoms with van der Waals surface area (Å²) in [6.07, 6.45) is 0.231. The predicted molar refractivity (Wildman–Crippen MR) is 77.2 cm³/mol. The van der Waals surface area contributed by atoms with Gasteiger partial charge in [0.15, 0.2) is 5.78 Å². The summed E-state index contributed by atoms with van der Waals surface area (Å²) in [5.41, 5.74) is 0.810. The number of ketones is 1. The van der Waals surface area contributed by atoms with Gasteiger partial charge >= 0.3 is 5.97 Å². The summed E-state index contributed by atoms with van der Waals surface area (Å²) in [5.74, 6) is 4.07. The van der Waals surface area contributed by atoms with Crippen LogP contribution in [0.3, 0.4) is 0 Å². The molecular formula is C14H12N2O3S. The molecule has 3 N–H and O–H groups in total. The zero-order chi connectivity index (χ0) is 14.5. The summed E-state index contributed by atoms with van der Waals surface area (Å²) in [4.78, 5) is 23.8. The van der Waals surface area contributed by atoms with E-state index < -0.39 is 5.97 Å². The van der Waals surface area contributed by atoms with Crippen molar-refractivity contribution in [3.63, 3.8) is 0 Å². The van der Waals surface area contributed by atoms with Crippen molar-refractivity contribution >= 4 is 28.8 Å². The van der Waals surface area contributed by atoms with E-state index in [2.05, 4.69) is 5.10 Å². The molecule has 5 nitrogen and oxygen atoms in total. The van der Waals surface area contributed by atoms with Crippen molar-refractivity contribution in [2.45, 2.75) is 6.42 Å².